The summed E-state index contributed by atoms with van der Waals surface area (Å²) < 4.78 is 6.95. The molecule has 4 nitrogen and oxygen atoms in total. The number of nitrogens with zero attached hydrogens (tertiary/aromatic N) is 2. The fraction of sp³-hybridized carbons (Fsp3) is 0.133. The molecule has 0 aliphatic heterocycles. The summed E-state index contributed by atoms with van der Waals surface area (Å²) in [6.45, 7) is 0. The van der Waals surface area contributed by atoms with Crippen molar-refractivity contribution in [1.29, 1.82) is 0 Å². The Balaban J connectivity index is 1.97. The summed E-state index contributed by atoms with van der Waals surface area (Å²) >= 11 is 6.13. The molecule has 0 aliphatic rings. The molecule has 2 heterocycles. The van der Waals surface area contributed by atoms with Gasteiger partial charge in [0, 0.05) is 12.6 Å². The van der Waals surface area contributed by atoms with E-state index in [1.807, 2.05) is 36.5 Å². The number of hydrogen-bond donors (Lipinski definition) is 1. The van der Waals surface area contributed by atoms with Gasteiger partial charge in [0.05, 0.1) is 17.8 Å². The van der Waals surface area contributed by atoms with Gasteiger partial charge in [0.2, 0.25) is 0 Å². The van der Waals surface area contributed by atoms with E-state index < -0.39 is 0 Å². The molecule has 0 radical (unpaired) electrons. The predicted octanol–water partition coefficient (Wildman–Crippen LogP) is 3.17. The molecule has 0 amide bonds. The van der Waals surface area contributed by atoms with Crippen LogP contribution in [-0.4, -0.2) is 16.5 Å². The highest BCUT2D eigenvalue weighted by Gasteiger charge is 2.11. The first-order valence-corrected chi connectivity index (χ1v) is 6.60. The first-order chi connectivity index (χ1) is 9.69. The third-order valence-electron chi connectivity index (χ3n) is 3.25. The van der Waals surface area contributed by atoms with E-state index in [1.165, 1.54) is 0 Å². The minimum Gasteiger partial charge on any atom is -0.497 e. The van der Waals surface area contributed by atoms with E-state index in [1.54, 1.807) is 17.6 Å². The molecule has 102 valence electrons. The number of halogens is 1. The van der Waals surface area contributed by atoms with Crippen LogP contribution in [0.25, 0.3) is 5.65 Å². The van der Waals surface area contributed by atoms with Gasteiger partial charge < -0.3 is 10.5 Å². The summed E-state index contributed by atoms with van der Waals surface area (Å²) in [5, 5.41) is 0.597. The second-order valence-electron chi connectivity index (χ2n) is 4.52. The Hall–Kier alpha value is -2.20. The smallest absolute Gasteiger partial charge is 0.157 e. The normalized spacial score (nSPS) is 10.9. The Morgan fingerprint density at radius 3 is 2.65 bits per heavy atom. The lowest BCUT2D eigenvalue weighted by Gasteiger charge is -2.02. The molecule has 0 fully saturated rings. The first kappa shape index (κ1) is 12.8. The Bertz CT molecular complexity index is 750. The lowest BCUT2D eigenvalue weighted by atomic mass is 10.1. The summed E-state index contributed by atoms with van der Waals surface area (Å²) in [6, 6.07) is 11.5. The summed E-state index contributed by atoms with van der Waals surface area (Å²) in [6.07, 6.45) is 2.52. The van der Waals surface area contributed by atoms with Gasteiger partial charge in [-0.15, -0.1) is 0 Å². The van der Waals surface area contributed by atoms with Crippen LogP contribution in [0.5, 0.6) is 5.75 Å². The largest absolute Gasteiger partial charge is 0.497 e. The van der Waals surface area contributed by atoms with E-state index in [4.69, 9.17) is 22.1 Å². The summed E-state index contributed by atoms with van der Waals surface area (Å²) in [5.74, 6) is 1.46. The molecule has 0 bridgehead atoms. The van der Waals surface area contributed by atoms with Crippen LogP contribution in [-0.2, 0) is 6.42 Å². The molecule has 20 heavy (non-hydrogen) atoms. The molecule has 2 aromatic heterocycles. The average Bonchev–Trinajstić information content (AvgIpc) is 2.79. The highest BCUT2D eigenvalue weighted by atomic mass is 35.5. The second kappa shape index (κ2) is 5.06. The van der Waals surface area contributed by atoms with Gasteiger partial charge in [0.1, 0.15) is 11.6 Å². The number of nitrogen functional groups attached to an aromatic ring is 1. The molecular formula is C15H14ClN3O. The standard InChI is InChI=1S/C15H14ClN3O/c1-20-11-6-4-10(5-7-11)9-13-14(17)19-8-2-3-12(16)15(19)18-13/h2-8H,9,17H2,1H3. The van der Waals surface area contributed by atoms with Crippen LogP contribution < -0.4 is 10.5 Å². The van der Waals surface area contributed by atoms with Crippen molar-refractivity contribution in [3.63, 3.8) is 0 Å². The van der Waals surface area contributed by atoms with Crippen molar-refractivity contribution in [3.05, 3.63) is 58.9 Å². The van der Waals surface area contributed by atoms with E-state index in [0.717, 1.165) is 17.0 Å². The van der Waals surface area contributed by atoms with Crippen LogP contribution >= 0.6 is 11.6 Å². The Morgan fingerprint density at radius 1 is 1.25 bits per heavy atom. The Morgan fingerprint density at radius 2 is 2.00 bits per heavy atom. The number of hydrogen-bond acceptors (Lipinski definition) is 3. The van der Waals surface area contributed by atoms with E-state index in [9.17, 15) is 0 Å². The molecule has 0 atom stereocenters. The summed E-state index contributed by atoms with van der Waals surface area (Å²) in [4.78, 5) is 4.52. The number of anilines is 1. The fourth-order valence-electron chi connectivity index (χ4n) is 2.17. The van der Waals surface area contributed by atoms with Gasteiger partial charge in [0.25, 0.3) is 0 Å². The van der Waals surface area contributed by atoms with Crippen LogP contribution in [0.15, 0.2) is 42.6 Å². The van der Waals surface area contributed by atoms with Gasteiger partial charge in [-0.25, -0.2) is 4.98 Å². The van der Waals surface area contributed by atoms with Crippen LogP contribution in [0.2, 0.25) is 5.02 Å². The minimum absolute atomic E-state index is 0.597. The van der Waals surface area contributed by atoms with Gasteiger partial charge >= 0.3 is 0 Å². The van der Waals surface area contributed by atoms with Gasteiger partial charge in [0.15, 0.2) is 5.65 Å². The topological polar surface area (TPSA) is 52.5 Å². The highest BCUT2D eigenvalue weighted by Crippen LogP contribution is 2.24. The molecule has 0 unspecified atom stereocenters. The quantitative estimate of drug-likeness (QED) is 0.805. The van der Waals surface area contributed by atoms with E-state index in [2.05, 4.69) is 4.98 Å². The van der Waals surface area contributed by atoms with Crippen molar-refractivity contribution in [2.45, 2.75) is 6.42 Å². The molecule has 0 saturated heterocycles. The highest BCUT2D eigenvalue weighted by molar-refractivity contribution is 6.33. The second-order valence-corrected chi connectivity index (χ2v) is 4.93. The maximum Gasteiger partial charge on any atom is 0.157 e. The zero-order chi connectivity index (χ0) is 14.1. The van der Waals surface area contributed by atoms with Crippen molar-refractivity contribution >= 4 is 23.1 Å². The van der Waals surface area contributed by atoms with Crippen molar-refractivity contribution in [3.8, 4) is 5.75 Å². The molecule has 0 spiro atoms. The van der Waals surface area contributed by atoms with Gasteiger partial charge in [-0.05, 0) is 29.8 Å². The van der Waals surface area contributed by atoms with Crippen LogP contribution in [0.4, 0.5) is 5.82 Å². The molecule has 0 saturated carbocycles. The third kappa shape index (κ3) is 2.18. The number of benzene rings is 1. The van der Waals surface area contributed by atoms with Crippen molar-refractivity contribution in [2.24, 2.45) is 0 Å². The number of fused-ring (bicyclic) bond motifs is 1. The minimum atomic E-state index is 0.597. The van der Waals surface area contributed by atoms with E-state index >= 15 is 0 Å². The van der Waals surface area contributed by atoms with Crippen molar-refractivity contribution in [2.75, 3.05) is 12.8 Å². The summed E-state index contributed by atoms with van der Waals surface area (Å²) in [5.41, 5.74) is 8.76. The molecular weight excluding hydrogens is 274 g/mol. The number of pyridine rings is 1. The lowest BCUT2D eigenvalue weighted by Crippen LogP contribution is -1.97. The van der Waals surface area contributed by atoms with Crippen LogP contribution in [0.1, 0.15) is 11.3 Å². The number of nitrogens with two attached hydrogens (primary N) is 1. The lowest BCUT2D eigenvalue weighted by molar-refractivity contribution is 0.414. The fourth-order valence-corrected chi connectivity index (χ4v) is 2.37. The average molecular weight is 288 g/mol. The monoisotopic (exact) mass is 287 g/mol. The maximum absolute atomic E-state index is 6.13. The molecule has 0 aliphatic carbocycles. The predicted molar refractivity (Wildman–Crippen MR) is 80.4 cm³/mol. The van der Waals surface area contributed by atoms with Gasteiger partial charge in [-0.3, -0.25) is 4.40 Å². The number of ether oxygens (including phenoxy) is 1. The number of imidazole rings is 1. The molecule has 1 aromatic carbocycles. The molecule has 3 aromatic rings. The maximum atomic E-state index is 6.13. The van der Waals surface area contributed by atoms with E-state index in [0.29, 0.717) is 22.9 Å². The zero-order valence-corrected chi connectivity index (χ0v) is 11.8. The summed E-state index contributed by atoms with van der Waals surface area (Å²) in [7, 11) is 1.65. The number of methoxy groups -OCH3 is 1. The van der Waals surface area contributed by atoms with Crippen molar-refractivity contribution in [1.82, 2.24) is 9.38 Å². The van der Waals surface area contributed by atoms with Crippen molar-refractivity contribution < 1.29 is 4.74 Å². The third-order valence-corrected chi connectivity index (χ3v) is 3.54. The van der Waals surface area contributed by atoms with Crippen LogP contribution in [0.3, 0.4) is 0 Å². The van der Waals surface area contributed by atoms with E-state index in [-0.39, 0.29) is 0 Å². The van der Waals surface area contributed by atoms with Gasteiger partial charge in [-0.2, -0.15) is 0 Å². The SMILES string of the molecule is COc1ccc(Cc2nc3c(Cl)cccn3c2N)cc1. The van der Waals surface area contributed by atoms with Gasteiger partial charge in [-0.1, -0.05) is 23.7 Å². The Labute approximate surface area is 121 Å². The first-order valence-electron chi connectivity index (χ1n) is 6.23. The Kier molecular flexibility index (Phi) is 3.24. The molecule has 2 N–H and O–H groups in total. The molecule has 5 heteroatoms. The zero-order valence-electron chi connectivity index (χ0n) is 11.0. The van der Waals surface area contributed by atoms with Crippen LogP contribution in [0, 0.1) is 0 Å². The number of rotatable bonds is 3. The number of aromatic nitrogens is 2. The molecule has 3 rings (SSSR count).